The van der Waals surface area contributed by atoms with Crippen molar-refractivity contribution in [2.45, 2.75) is 44.9 Å². The van der Waals surface area contributed by atoms with E-state index >= 15 is 0 Å². The second-order valence-corrected chi connectivity index (χ2v) is 8.23. The molecule has 0 aliphatic heterocycles. The number of ketones is 1. The zero-order chi connectivity index (χ0) is 18.5. The topological polar surface area (TPSA) is 69.4 Å². The quantitative estimate of drug-likeness (QED) is 0.606. The Morgan fingerprint density at radius 2 is 2.15 bits per heavy atom. The van der Waals surface area contributed by atoms with E-state index in [-0.39, 0.29) is 23.2 Å². The first kappa shape index (κ1) is 17.3. The molecule has 0 aromatic heterocycles. The number of allylic oxidation sites excluding steroid dienone is 2. The molecule has 1 aromatic rings. The number of carbonyl (C=O) groups excluding carboxylic acids is 1. The van der Waals surface area contributed by atoms with Crippen molar-refractivity contribution in [2.75, 3.05) is 13.7 Å². The van der Waals surface area contributed by atoms with E-state index in [2.05, 4.69) is 12.1 Å². The maximum atomic E-state index is 12.7. The van der Waals surface area contributed by atoms with E-state index in [0.29, 0.717) is 12.3 Å². The number of fused-ring (bicyclic) bond motifs is 5. The fourth-order valence-corrected chi connectivity index (χ4v) is 5.96. The van der Waals surface area contributed by atoms with Crippen LogP contribution in [-0.2, 0) is 11.2 Å². The predicted molar refractivity (Wildman–Crippen MR) is 97.9 cm³/mol. The van der Waals surface area contributed by atoms with Gasteiger partial charge in [-0.2, -0.15) is 0 Å². The summed E-state index contributed by atoms with van der Waals surface area (Å²) >= 11 is 0. The van der Waals surface area contributed by atoms with Crippen molar-refractivity contribution >= 4 is 5.78 Å². The van der Waals surface area contributed by atoms with Crippen molar-refractivity contribution in [3.63, 3.8) is 0 Å². The molecule has 26 heavy (non-hydrogen) atoms. The van der Waals surface area contributed by atoms with E-state index in [1.807, 2.05) is 19.1 Å². The van der Waals surface area contributed by atoms with Crippen LogP contribution in [0.2, 0.25) is 0 Å². The SMILES string of the molecule is COc1ccc2c(c1)CC[C@@H]1[C@@H]2CC[C@]2(C)C(=O)C=C[C@]12CC[N+](=O)[O-]. The highest BCUT2D eigenvalue weighted by atomic mass is 16.6. The van der Waals surface area contributed by atoms with Crippen LogP contribution in [0.4, 0.5) is 0 Å². The molecule has 0 saturated heterocycles. The minimum Gasteiger partial charge on any atom is -0.497 e. The van der Waals surface area contributed by atoms with Crippen molar-refractivity contribution < 1.29 is 14.5 Å². The van der Waals surface area contributed by atoms with Crippen molar-refractivity contribution in [2.24, 2.45) is 16.7 Å². The van der Waals surface area contributed by atoms with Gasteiger partial charge in [0.1, 0.15) is 5.75 Å². The van der Waals surface area contributed by atoms with Crippen LogP contribution in [0.25, 0.3) is 0 Å². The van der Waals surface area contributed by atoms with Crippen molar-refractivity contribution in [1.29, 1.82) is 0 Å². The minimum atomic E-state index is -0.492. The molecule has 0 radical (unpaired) electrons. The van der Waals surface area contributed by atoms with Gasteiger partial charge in [-0.25, -0.2) is 0 Å². The summed E-state index contributed by atoms with van der Waals surface area (Å²) in [4.78, 5) is 23.6. The number of hydrogen-bond donors (Lipinski definition) is 0. The van der Waals surface area contributed by atoms with Gasteiger partial charge in [0, 0.05) is 22.2 Å². The zero-order valence-corrected chi connectivity index (χ0v) is 15.4. The Hall–Kier alpha value is -2.17. The molecule has 1 fully saturated rings. The lowest BCUT2D eigenvalue weighted by Crippen LogP contribution is -2.52. The number of hydrogen-bond acceptors (Lipinski definition) is 4. The highest BCUT2D eigenvalue weighted by Crippen LogP contribution is 2.66. The van der Waals surface area contributed by atoms with Crippen LogP contribution >= 0.6 is 0 Å². The van der Waals surface area contributed by atoms with Gasteiger partial charge in [-0.05, 0) is 66.9 Å². The summed E-state index contributed by atoms with van der Waals surface area (Å²) in [6.07, 6.45) is 7.85. The van der Waals surface area contributed by atoms with Gasteiger partial charge in [0.2, 0.25) is 6.54 Å². The summed E-state index contributed by atoms with van der Waals surface area (Å²) in [5.41, 5.74) is 1.79. The van der Waals surface area contributed by atoms with Gasteiger partial charge in [0.15, 0.2) is 5.78 Å². The van der Waals surface area contributed by atoms with Crippen molar-refractivity contribution in [1.82, 2.24) is 0 Å². The Kier molecular flexibility index (Phi) is 3.94. The number of nitro groups is 1. The molecule has 1 saturated carbocycles. The summed E-state index contributed by atoms with van der Waals surface area (Å²) in [6.45, 7) is 1.96. The van der Waals surface area contributed by atoms with E-state index < -0.39 is 10.8 Å². The maximum absolute atomic E-state index is 12.7. The Bertz CT molecular complexity index is 801. The third-order valence-corrected chi connectivity index (χ3v) is 7.39. The summed E-state index contributed by atoms with van der Waals surface area (Å²) in [5, 5.41) is 11.1. The number of aryl methyl sites for hydroxylation is 1. The first-order valence-corrected chi connectivity index (χ1v) is 9.43. The Morgan fingerprint density at radius 1 is 1.35 bits per heavy atom. The van der Waals surface area contributed by atoms with Crippen LogP contribution in [0.5, 0.6) is 5.75 Å². The molecule has 0 bridgehead atoms. The van der Waals surface area contributed by atoms with E-state index in [1.165, 1.54) is 11.1 Å². The molecule has 0 amide bonds. The molecule has 0 N–H and O–H groups in total. The number of methoxy groups -OCH3 is 1. The third-order valence-electron chi connectivity index (χ3n) is 7.39. The van der Waals surface area contributed by atoms with Gasteiger partial charge < -0.3 is 4.74 Å². The van der Waals surface area contributed by atoms with Crippen LogP contribution in [-0.4, -0.2) is 24.4 Å². The van der Waals surface area contributed by atoms with E-state index in [4.69, 9.17) is 4.74 Å². The average Bonchev–Trinajstić information content (AvgIpc) is 2.91. The molecule has 0 heterocycles. The normalized spacial score (nSPS) is 34.8. The molecule has 5 nitrogen and oxygen atoms in total. The molecule has 4 rings (SSSR count). The van der Waals surface area contributed by atoms with Crippen molar-refractivity contribution in [3.8, 4) is 5.75 Å². The summed E-state index contributed by atoms with van der Waals surface area (Å²) in [7, 11) is 1.68. The Balaban J connectivity index is 1.76. The third kappa shape index (κ3) is 2.25. The van der Waals surface area contributed by atoms with Gasteiger partial charge in [-0.15, -0.1) is 0 Å². The number of ether oxygens (including phenoxy) is 1. The van der Waals surface area contributed by atoms with Crippen molar-refractivity contribution in [3.05, 3.63) is 51.6 Å². The first-order chi connectivity index (χ1) is 12.4. The van der Waals surface area contributed by atoms with Crippen LogP contribution in [0, 0.1) is 26.9 Å². The number of nitrogens with zero attached hydrogens (tertiary/aromatic N) is 1. The lowest BCUT2D eigenvalue weighted by molar-refractivity contribution is -0.484. The number of carbonyl (C=O) groups is 1. The molecule has 0 unspecified atom stereocenters. The van der Waals surface area contributed by atoms with E-state index in [1.54, 1.807) is 13.2 Å². The van der Waals surface area contributed by atoms with Crippen LogP contribution in [0.3, 0.4) is 0 Å². The van der Waals surface area contributed by atoms with Crippen LogP contribution in [0.15, 0.2) is 30.4 Å². The largest absolute Gasteiger partial charge is 0.497 e. The Morgan fingerprint density at radius 3 is 2.88 bits per heavy atom. The molecular formula is C21H25NO4. The predicted octanol–water partition coefficient (Wildman–Crippen LogP) is 3.93. The smallest absolute Gasteiger partial charge is 0.204 e. The van der Waals surface area contributed by atoms with Crippen LogP contribution in [0.1, 0.15) is 49.7 Å². The molecule has 0 spiro atoms. The fourth-order valence-electron chi connectivity index (χ4n) is 5.96. The zero-order valence-electron chi connectivity index (χ0n) is 15.4. The average molecular weight is 355 g/mol. The van der Waals surface area contributed by atoms with Gasteiger partial charge in [0.25, 0.3) is 0 Å². The van der Waals surface area contributed by atoms with Gasteiger partial charge >= 0.3 is 0 Å². The molecule has 3 aliphatic carbocycles. The molecule has 138 valence electrons. The van der Waals surface area contributed by atoms with Crippen LogP contribution < -0.4 is 4.74 Å². The molecule has 4 atom stereocenters. The highest BCUT2D eigenvalue weighted by molar-refractivity contribution is 5.98. The minimum absolute atomic E-state index is 0.0775. The standard InChI is InChI=1S/C21H25NO4/c1-20-9-7-17-16-5-4-15(26-2)13-14(16)3-6-18(17)21(20,10-8-19(20)23)11-12-22(24)25/h4-5,8,10,13,17-18H,3,6-7,9,11-12H2,1-2H3/t17-,18-,20-,21+/m1/s1. The van der Waals surface area contributed by atoms with E-state index in [9.17, 15) is 14.9 Å². The summed E-state index contributed by atoms with van der Waals surface area (Å²) in [5.74, 6) is 1.67. The second kappa shape index (κ2) is 5.93. The summed E-state index contributed by atoms with van der Waals surface area (Å²) < 4.78 is 5.37. The summed E-state index contributed by atoms with van der Waals surface area (Å²) in [6, 6.07) is 6.29. The molecule has 3 aliphatic rings. The molecule has 1 aromatic carbocycles. The number of benzene rings is 1. The maximum Gasteiger partial charge on any atom is 0.204 e. The highest BCUT2D eigenvalue weighted by Gasteiger charge is 2.62. The second-order valence-electron chi connectivity index (χ2n) is 8.23. The van der Waals surface area contributed by atoms with Gasteiger partial charge in [0.05, 0.1) is 7.11 Å². The Labute approximate surface area is 153 Å². The lowest BCUT2D eigenvalue weighted by atomic mass is 9.46. The fraction of sp³-hybridized carbons (Fsp3) is 0.571. The molecular weight excluding hydrogens is 330 g/mol. The van der Waals surface area contributed by atoms with Gasteiger partial charge in [-0.1, -0.05) is 19.1 Å². The first-order valence-electron chi connectivity index (χ1n) is 9.43. The monoisotopic (exact) mass is 355 g/mol. The number of rotatable bonds is 4. The van der Waals surface area contributed by atoms with E-state index in [0.717, 1.165) is 31.4 Å². The lowest BCUT2D eigenvalue weighted by Gasteiger charge is -2.56. The molecule has 5 heteroatoms. The van der Waals surface area contributed by atoms with Gasteiger partial charge in [-0.3, -0.25) is 14.9 Å².